The highest BCUT2D eigenvalue weighted by atomic mass is 16.1. The number of ketones is 1. The maximum atomic E-state index is 11.4. The van der Waals surface area contributed by atoms with E-state index in [9.17, 15) is 4.79 Å². The average molecular weight is 176 g/mol. The van der Waals surface area contributed by atoms with E-state index < -0.39 is 0 Å². The minimum atomic E-state index is 0.267. The second-order valence-corrected chi connectivity index (χ2v) is 4.52. The van der Waals surface area contributed by atoms with Crippen LogP contribution in [0.1, 0.15) is 33.1 Å². The largest absolute Gasteiger partial charge is 0.295 e. The van der Waals surface area contributed by atoms with Gasteiger partial charge in [0.05, 0.1) is 0 Å². The van der Waals surface area contributed by atoms with Crippen LogP contribution in [0.3, 0.4) is 0 Å². The molecular formula is C12H16O. The molecule has 0 unspecified atom stereocenters. The van der Waals surface area contributed by atoms with Gasteiger partial charge in [0.25, 0.3) is 0 Å². The van der Waals surface area contributed by atoms with E-state index in [0.29, 0.717) is 11.7 Å². The Hall–Kier alpha value is -0.850. The number of hydrogen-bond donors (Lipinski definition) is 0. The molecule has 13 heavy (non-hydrogen) atoms. The fourth-order valence-corrected chi connectivity index (χ4v) is 2.52. The molecule has 0 fully saturated rings. The van der Waals surface area contributed by atoms with Gasteiger partial charge in [-0.05, 0) is 37.2 Å². The number of carbonyl (C=O) groups excluding carboxylic acids is 1. The van der Waals surface area contributed by atoms with Crippen LogP contribution in [-0.4, -0.2) is 5.78 Å². The van der Waals surface area contributed by atoms with E-state index in [1.807, 2.05) is 6.08 Å². The molecule has 0 aromatic carbocycles. The van der Waals surface area contributed by atoms with Crippen molar-refractivity contribution in [3.05, 3.63) is 23.8 Å². The first-order valence-corrected chi connectivity index (χ1v) is 4.99. The third kappa shape index (κ3) is 1.27. The van der Waals surface area contributed by atoms with Crippen molar-refractivity contribution in [2.45, 2.75) is 33.1 Å². The minimum Gasteiger partial charge on any atom is -0.295 e. The first-order chi connectivity index (χ1) is 6.13. The normalized spacial score (nSPS) is 38.5. The van der Waals surface area contributed by atoms with Gasteiger partial charge in [-0.1, -0.05) is 24.6 Å². The van der Waals surface area contributed by atoms with Crippen molar-refractivity contribution in [3.8, 4) is 0 Å². The van der Waals surface area contributed by atoms with Gasteiger partial charge in [-0.3, -0.25) is 4.79 Å². The molecule has 70 valence electrons. The monoisotopic (exact) mass is 176 g/mol. The van der Waals surface area contributed by atoms with Gasteiger partial charge >= 0.3 is 0 Å². The number of rotatable bonds is 0. The third-order valence-electron chi connectivity index (χ3n) is 3.76. The molecule has 0 saturated heterocycles. The van der Waals surface area contributed by atoms with Gasteiger partial charge in [-0.2, -0.15) is 0 Å². The molecule has 1 heteroatoms. The van der Waals surface area contributed by atoms with E-state index >= 15 is 0 Å². The highest BCUT2D eigenvalue weighted by molar-refractivity contribution is 5.91. The van der Waals surface area contributed by atoms with Crippen LogP contribution in [0.2, 0.25) is 0 Å². The summed E-state index contributed by atoms with van der Waals surface area (Å²) in [4.78, 5) is 11.4. The molecule has 2 atom stereocenters. The standard InChI is InChI=1S/C12H16O/c1-9-7-11(13)8-10-5-3-4-6-12(9,10)2/h3-4,7,10H,5-6,8H2,1-2H3/t10-,12-/m0/s1. The van der Waals surface area contributed by atoms with Gasteiger partial charge in [0.2, 0.25) is 0 Å². The van der Waals surface area contributed by atoms with Gasteiger partial charge in [0.1, 0.15) is 0 Å². The Bertz CT molecular complexity index is 298. The van der Waals surface area contributed by atoms with Gasteiger partial charge in [0.15, 0.2) is 5.78 Å². The summed E-state index contributed by atoms with van der Waals surface area (Å²) in [6.45, 7) is 4.39. The number of allylic oxidation sites excluding steroid dienone is 4. The van der Waals surface area contributed by atoms with Crippen molar-refractivity contribution < 1.29 is 4.79 Å². The van der Waals surface area contributed by atoms with E-state index in [1.54, 1.807) is 0 Å². The Kier molecular flexibility index (Phi) is 1.90. The Morgan fingerprint density at radius 3 is 3.00 bits per heavy atom. The average Bonchev–Trinajstić information content (AvgIpc) is 2.07. The Labute approximate surface area is 79.5 Å². The second-order valence-electron chi connectivity index (χ2n) is 4.52. The molecule has 2 aliphatic rings. The second kappa shape index (κ2) is 2.83. The summed E-state index contributed by atoms with van der Waals surface area (Å²) in [5, 5.41) is 0. The van der Waals surface area contributed by atoms with Crippen molar-refractivity contribution in [2.24, 2.45) is 11.3 Å². The highest BCUT2D eigenvalue weighted by Crippen LogP contribution is 2.47. The van der Waals surface area contributed by atoms with Crippen LogP contribution in [0, 0.1) is 11.3 Å². The van der Waals surface area contributed by atoms with Crippen LogP contribution in [0.15, 0.2) is 23.8 Å². The lowest BCUT2D eigenvalue weighted by molar-refractivity contribution is -0.117. The smallest absolute Gasteiger partial charge is 0.155 e. The molecule has 0 aliphatic heterocycles. The Balaban J connectivity index is 2.39. The fourth-order valence-electron chi connectivity index (χ4n) is 2.52. The minimum absolute atomic E-state index is 0.267. The molecule has 1 nitrogen and oxygen atoms in total. The number of carbonyl (C=O) groups is 1. The summed E-state index contributed by atoms with van der Waals surface area (Å²) in [7, 11) is 0. The molecule has 0 radical (unpaired) electrons. The van der Waals surface area contributed by atoms with Crippen LogP contribution in [0.4, 0.5) is 0 Å². The van der Waals surface area contributed by atoms with Crippen LogP contribution in [-0.2, 0) is 4.79 Å². The van der Waals surface area contributed by atoms with Gasteiger partial charge in [-0.25, -0.2) is 0 Å². The molecule has 0 bridgehead atoms. The number of fused-ring (bicyclic) bond motifs is 1. The Morgan fingerprint density at radius 2 is 2.23 bits per heavy atom. The van der Waals surface area contributed by atoms with Crippen molar-refractivity contribution in [1.29, 1.82) is 0 Å². The van der Waals surface area contributed by atoms with Crippen molar-refractivity contribution >= 4 is 5.78 Å². The summed E-state index contributed by atoms with van der Waals surface area (Å²) >= 11 is 0. The lowest BCUT2D eigenvalue weighted by atomic mass is 9.62. The number of hydrogen-bond acceptors (Lipinski definition) is 1. The van der Waals surface area contributed by atoms with Crippen molar-refractivity contribution in [3.63, 3.8) is 0 Å². The molecule has 0 heterocycles. The summed E-state index contributed by atoms with van der Waals surface area (Å²) in [5.41, 5.74) is 1.54. The van der Waals surface area contributed by atoms with Crippen LogP contribution in [0.5, 0.6) is 0 Å². The van der Waals surface area contributed by atoms with E-state index in [0.717, 1.165) is 19.3 Å². The van der Waals surface area contributed by atoms with Crippen molar-refractivity contribution in [2.75, 3.05) is 0 Å². The van der Waals surface area contributed by atoms with Gasteiger partial charge in [-0.15, -0.1) is 0 Å². The molecule has 0 N–H and O–H groups in total. The zero-order valence-corrected chi connectivity index (χ0v) is 8.34. The predicted molar refractivity (Wildman–Crippen MR) is 53.4 cm³/mol. The highest BCUT2D eigenvalue weighted by Gasteiger charge is 2.39. The maximum absolute atomic E-state index is 11.4. The zero-order valence-electron chi connectivity index (χ0n) is 8.34. The lowest BCUT2D eigenvalue weighted by Crippen LogP contribution is -2.35. The Morgan fingerprint density at radius 1 is 1.46 bits per heavy atom. The first-order valence-electron chi connectivity index (χ1n) is 4.99. The van der Waals surface area contributed by atoms with Gasteiger partial charge in [0, 0.05) is 6.42 Å². The van der Waals surface area contributed by atoms with E-state index in [4.69, 9.17) is 0 Å². The molecule has 0 aromatic rings. The molecule has 0 aromatic heterocycles. The van der Waals surface area contributed by atoms with Crippen LogP contribution >= 0.6 is 0 Å². The summed E-state index contributed by atoms with van der Waals surface area (Å²) in [6.07, 6.45) is 9.25. The fraction of sp³-hybridized carbons (Fsp3) is 0.583. The third-order valence-corrected chi connectivity index (χ3v) is 3.76. The molecule has 0 amide bonds. The summed E-state index contributed by atoms with van der Waals surface area (Å²) < 4.78 is 0. The summed E-state index contributed by atoms with van der Waals surface area (Å²) in [6, 6.07) is 0. The topological polar surface area (TPSA) is 17.1 Å². The molecule has 0 saturated carbocycles. The van der Waals surface area contributed by atoms with Crippen molar-refractivity contribution in [1.82, 2.24) is 0 Å². The van der Waals surface area contributed by atoms with E-state index in [1.165, 1.54) is 5.57 Å². The molecule has 0 spiro atoms. The summed E-state index contributed by atoms with van der Waals surface area (Å²) in [5.74, 6) is 0.866. The van der Waals surface area contributed by atoms with E-state index in [-0.39, 0.29) is 5.41 Å². The molecule has 2 aliphatic carbocycles. The van der Waals surface area contributed by atoms with Crippen LogP contribution in [0.25, 0.3) is 0 Å². The molecular weight excluding hydrogens is 160 g/mol. The predicted octanol–water partition coefficient (Wildman–Crippen LogP) is 2.88. The quantitative estimate of drug-likeness (QED) is 0.519. The van der Waals surface area contributed by atoms with E-state index in [2.05, 4.69) is 26.0 Å². The maximum Gasteiger partial charge on any atom is 0.155 e. The molecule has 2 rings (SSSR count). The van der Waals surface area contributed by atoms with Gasteiger partial charge < -0.3 is 0 Å². The lowest BCUT2D eigenvalue weighted by Gasteiger charge is -2.42. The SMILES string of the molecule is CC1=CC(=O)C[C@@H]2CC=CC[C@@]12C. The first kappa shape index (κ1) is 8.74. The zero-order chi connectivity index (χ0) is 9.47. The van der Waals surface area contributed by atoms with Crippen LogP contribution < -0.4 is 0 Å².